The van der Waals surface area contributed by atoms with Crippen LogP contribution in [-0.2, 0) is 27.9 Å². The number of unbranched alkanes of at least 4 members (excludes halogenated alkanes) is 32. The lowest BCUT2D eigenvalue weighted by Crippen LogP contribution is -2.47. The van der Waals surface area contributed by atoms with Crippen LogP contribution in [0.25, 0.3) is 0 Å². The highest BCUT2D eigenvalue weighted by atomic mass is 31.2. The molecule has 9 nitrogen and oxygen atoms in total. The fourth-order valence-corrected chi connectivity index (χ4v) is 10.4. The number of esters is 1. The molecular formula is C73H132N2O7P+. The Hall–Kier alpha value is -3.07. The minimum absolute atomic E-state index is 0.0314. The lowest BCUT2D eigenvalue weighted by Gasteiger charge is -2.27. The van der Waals surface area contributed by atoms with Crippen LogP contribution in [0.2, 0.25) is 0 Å². The zero-order valence-corrected chi connectivity index (χ0v) is 55.8. The van der Waals surface area contributed by atoms with E-state index in [1.54, 1.807) is 0 Å². The highest BCUT2D eigenvalue weighted by molar-refractivity contribution is 7.47. The fourth-order valence-electron chi connectivity index (χ4n) is 9.70. The van der Waals surface area contributed by atoms with E-state index >= 15 is 0 Å². The molecule has 0 saturated heterocycles. The highest BCUT2D eigenvalue weighted by Gasteiger charge is 2.30. The van der Waals surface area contributed by atoms with E-state index in [2.05, 4.69) is 111 Å². The van der Waals surface area contributed by atoms with E-state index in [-0.39, 0.29) is 31.5 Å². The molecule has 0 rings (SSSR count). The van der Waals surface area contributed by atoms with Gasteiger partial charge >= 0.3 is 13.8 Å². The third-order valence-electron chi connectivity index (χ3n) is 15.0. The van der Waals surface area contributed by atoms with Gasteiger partial charge in [0.05, 0.1) is 33.8 Å². The van der Waals surface area contributed by atoms with Crippen LogP contribution in [0.5, 0.6) is 0 Å². The van der Waals surface area contributed by atoms with Crippen LogP contribution >= 0.6 is 7.82 Å². The van der Waals surface area contributed by atoms with E-state index in [0.717, 1.165) is 96.3 Å². The first-order valence-electron chi connectivity index (χ1n) is 34.6. The minimum Gasteiger partial charge on any atom is -0.456 e. The molecule has 0 heterocycles. The summed E-state index contributed by atoms with van der Waals surface area (Å²) in [6.07, 6.45) is 84.2. The van der Waals surface area contributed by atoms with Crippen molar-refractivity contribution in [2.24, 2.45) is 0 Å². The molecule has 2 N–H and O–H groups in total. The van der Waals surface area contributed by atoms with Gasteiger partial charge in [-0.1, -0.05) is 279 Å². The molecule has 0 aliphatic carbocycles. The van der Waals surface area contributed by atoms with Crippen LogP contribution in [0.15, 0.2) is 97.2 Å². The summed E-state index contributed by atoms with van der Waals surface area (Å²) >= 11 is 0. The number of likely N-dealkylation sites (N-methyl/N-ethyl adjacent to an activating group) is 1. The lowest BCUT2D eigenvalue weighted by atomic mass is 10.0. The number of nitrogens with zero attached hydrogens (tertiary/aromatic N) is 1. The summed E-state index contributed by atoms with van der Waals surface area (Å²) in [5, 5.41) is 3.06. The van der Waals surface area contributed by atoms with Crippen molar-refractivity contribution >= 4 is 19.7 Å². The smallest absolute Gasteiger partial charge is 0.456 e. The molecular weight excluding hydrogens is 1050 g/mol. The zero-order chi connectivity index (χ0) is 60.7. The van der Waals surface area contributed by atoms with Gasteiger partial charge in [0.25, 0.3) is 0 Å². The molecule has 3 atom stereocenters. The Labute approximate surface area is 513 Å². The topological polar surface area (TPSA) is 111 Å². The molecule has 0 saturated carbocycles. The number of amides is 1. The summed E-state index contributed by atoms with van der Waals surface area (Å²) in [7, 11) is 1.47. The first kappa shape index (κ1) is 79.9. The van der Waals surface area contributed by atoms with Crippen molar-refractivity contribution in [1.82, 2.24) is 5.32 Å². The van der Waals surface area contributed by atoms with Gasteiger partial charge in [0.1, 0.15) is 19.3 Å². The second kappa shape index (κ2) is 62.0. The Morgan fingerprint density at radius 2 is 0.771 bits per heavy atom. The number of phosphoric ester groups is 1. The van der Waals surface area contributed by atoms with Crippen LogP contribution in [0, 0.1) is 0 Å². The van der Waals surface area contributed by atoms with E-state index in [1.807, 2.05) is 33.3 Å². The summed E-state index contributed by atoms with van der Waals surface area (Å²) in [5.41, 5.74) is 0. The summed E-state index contributed by atoms with van der Waals surface area (Å²) in [6.45, 7) is 6.87. The van der Waals surface area contributed by atoms with Crippen molar-refractivity contribution in [3.05, 3.63) is 97.2 Å². The first-order chi connectivity index (χ1) is 40.4. The highest BCUT2D eigenvalue weighted by Crippen LogP contribution is 2.43. The number of rotatable bonds is 62. The van der Waals surface area contributed by atoms with Crippen LogP contribution < -0.4 is 5.32 Å². The van der Waals surface area contributed by atoms with Gasteiger partial charge in [0, 0.05) is 12.8 Å². The maximum Gasteiger partial charge on any atom is 0.472 e. The van der Waals surface area contributed by atoms with Crippen molar-refractivity contribution < 1.29 is 37.3 Å². The van der Waals surface area contributed by atoms with Gasteiger partial charge in [0.15, 0.2) is 0 Å². The van der Waals surface area contributed by atoms with Crippen molar-refractivity contribution in [2.75, 3.05) is 40.9 Å². The van der Waals surface area contributed by atoms with Crippen molar-refractivity contribution in [1.29, 1.82) is 0 Å². The minimum atomic E-state index is -4.47. The molecule has 0 radical (unpaired) electrons. The SMILES string of the molecule is CC/C=C\C/C=C\C/C=C\C/C=C\C/C=C\CCCCCC(=O)OC(/C=C\CCCCCCCCCCCCC)C(COP(=O)(O)OCC[N+](C)(C)C)NC(=O)CCCCCCCCCCCCCCCCC/C=C\C/C=C\CCCCC. The Kier molecular flexibility index (Phi) is 59.7. The van der Waals surface area contributed by atoms with E-state index in [1.165, 1.54) is 167 Å². The molecule has 0 aliphatic heterocycles. The number of hydrogen-bond acceptors (Lipinski definition) is 6. The van der Waals surface area contributed by atoms with Gasteiger partial charge in [-0.2, -0.15) is 0 Å². The van der Waals surface area contributed by atoms with Gasteiger partial charge in [-0.05, 0) is 109 Å². The van der Waals surface area contributed by atoms with Crippen molar-refractivity contribution in [3.63, 3.8) is 0 Å². The number of quaternary nitrogens is 1. The predicted octanol–water partition coefficient (Wildman–Crippen LogP) is 21.9. The summed E-state index contributed by atoms with van der Waals surface area (Å²) in [6, 6.07) is -0.868. The Bertz CT molecular complexity index is 1740. The normalized spacial score (nSPS) is 14.2. The van der Waals surface area contributed by atoms with Crippen molar-refractivity contribution in [3.8, 4) is 0 Å². The molecule has 480 valence electrons. The van der Waals surface area contributed by atoms with Crippen LogP contribution in [0.4, 0.5) is 0 Å². The second-order valence-electron chi connectivity index (χ2n) is 24.3. The van der Waals surface area contributed by atoms with Crippen molar-refractivity contribution in [2.45, 2.75) is 315 Å². The van der Waals surface area contributed by atoms with Gasteiger partial charge in [-0.15, -0.1) is 0 Å². The summed E-state index contributed by atoms with van der Waals surface area (Å²) in [5.74, 6) is -0.539. The van der Waals surface area contributed by atoms with Gasteiger partial charge < -0.3 is 19.4 Å². The lowest BCUT2D eigenvalue weighted by molar-refractivity contribution is -0.870. The van der Waals surface area contributed by atoms with E-state index in [9.17, 15) is 19.0 Å². The number of nitrogens with one attached hydrogen (secondary N) is 1. The van der Waals surface area contributed by atoms with Crippen LogP contribution in [-0.4, -0.2) is 74.3 Å². The zero-order valence-electron chi connectivity index (χ0n) is 54.9. The average molecular weight is 1180 g/mol. The van der Waals surface area contributed by atoms with Crippen LogP contribution in [0.1, 0.15) is 303 Å². The maximum atomic E-state index is 13.6. The quantitative estimate of drug-likeness (QED) is 0.0205. The first-order valence-corrected chi connectivity index (χ1v) is 36.1. The van der Waals surface area contributed by atoms with E-state index < -0.39 is 20.0 Å². The molecule has 0 aromatic carbocycles. The van der Waals surface area contributed by atoms with E-state index in [4.69, 9.17) is 13.8 Å². The second-order valence-corrected chi connectivity index (χ2v) is 25.8. The molecule has 0 aromatic rings. The van der Waals surface area contributed by atoms with Gasteiger partial charge in [-0.25, -0.2) is 4.57 Å². The number of ether oxygens (including phenoxy) is 1. The largest absolute Gasteiger partial charge is 0.472 e. The number of carbonyl (C=O) groups is 2. The molecule has 10 heteroatoms. The molecule has 0 spiro atoms. The maximum absolute atomic E-state index is 13.6. The summed E-state index contributed by atoms with van der Waals surface area (Å²) in [4.78, 5) is 37.9. The third kappa shape index (κ3) is 63.3. The Balaban J connectivity index is 5.17. The fraction of sp³-hybridized carbons (Fsp3) is 0.753. The molecule has 0 fully saturated rings. The monoisotopic (exact) mass is 1180 g/mol. The van der Waals surface area contributed by atoms with Crippen LogP contribution in [0.3, 0.4) is 0 Å². The molecule has 3 unspecified atom stereocenters. The standard InChI is InChI=1S/C73H131N2O7P/c1-7-10-13-16-19-22-25-28-30-32-34-35-36-37-38-39-41-42-44-47-50-53-56-59-62-65-72(76)74-70(69-81-83(78,79)80-68-67-75(4,5)6)71(64-61-58-55-52-49-46-27-24-21-18-15-12-9-3)82-73(77)66-63-60-57-54-51-48-45-43-40-33-31-29-26-23-20-17-14-11-8-2/h11,14,19-20,22-23,28-31,40,43,48,51,61,64,70-71H,7-10,12-13,15-18,21,24-27,32-39,41-42,44-47,49-50,52-60,62-63,65-69H2,1-6H3,(H-,74,76,78,79)/p+1/b14-11-,22-19-,23-20-,30-28-,31-29-,43-40-,51-48-,64-61-. The van der Waals surface area contributed by atoms with Gasteiger partial charge in [0.2, 0.25) is 5.91 Å². The Morgan fingerprint density at radius 1 is 0.434 bits per heavy atom. The third-order valence-corrected chi connectivity index (χ3v) is 16.0. The van der Waals surface area contributed by atoms with E-state index in [0.29, 0.717) is 23.9 Å². The molecule has 83 heavy (non-hydrogen) atoms. The molecule has 1 amide bonds. The average Bonchev–Trinajstić information content (AvgIpc) is 3.46. The molecule has 0 bridgehead atoms. The predicted molar refractivity (Wildman–Crippen MR) is 360 cm³/mol. The molecule has 0 aromatic heterocycles. The number of hydrogen-bond donors (Lipinski definition) is 2. The Morgan fingerprint density at radius 3 is 1.19 bits per heavy atom. The summed E-state index contributed by atoms with van der Waals surface area (Å²) < 4.78 is 30.8. The number of allylic oxidation sites excluding steroid dienone is 15. The number of phosphoric acid groups is 1. The molecule has 0 aliphatic rings. The van der Waals surface area contributed by atoms with Gasteiger partial charge in [-0.3, -0.25) is 18.6 Å². The number of carbonyl (C=O) groups excluding carboxylic acids is 2.